The van der Waals surface area contributed by atoms with E-state index in [2.05, 4.69) is 6.92 Å². The highest BCUT2D eigenvalue weighted by molar-refractivity contribution is 7.92. The van der Waals surface area contributed by atoms with Crippen LogP contribution in [0.1, 0.15) is 59.3 Å². The molecule has 134 valence electrons. The first-order valence-electron chi connectivity index (χ1n) is 8.75. The van der Waals surface area contributed by atoms with E-state index in [0.29, 0.717) is 19.2 Å². The summed E-state index contributed by atoms with van der Waals surface area (Å²) in [5.41, 5.74) is 0. The maximum atomic E-state index is 12.5. The van der Waals surface area contributed by atoms with Crippen LogP contribution in [0.15, 0.2) is 0 Å². The maximum Gasteiger partial charge on any atom is 0.243 e. The minimum Gasteiger partial charge on any atom is -0.375 e. The third-order valence-electron chi connectivity index (χ3n) is 5.52. The number of sulfone groups is 1. The normalized spacial score (nSPS) is 27.9. The highest BCUT2D eigenvalue weighted by Gasteiger charge is 2.42. The molecule has 0 aromatic carbocycles. The van der Waals surface area contributed by atoms with E-state index in [1.165, 1.54) is 26.7 Å². The fourth-order valence-corrected chi connectivity index (χ4v) is 3.82. The molecule has 0 N–H and O–H groups in total. The van der Waals surface area contributed by atoms with Crippen molar-refractivity contribution in [3.8, 4) is 0 Å². The topological polar surface area (TPSA) is 63.7 Å². The summed E-state index contributed by atoms with van der Waals surface area (Å²) >= 11 is 0. The highest BCUT2D eigenvalue weighted by atomic mass is 32.2. The molecule has 2 aliphatic rings. The fourth-order valence-electron chi connectivity index (χ4n) is 3.37. The smallest absolute Gasteiger partial charge is 0.243 e. The number of nitrogens with zero attached hydrogens (tertiary/aromatic N) is 1. The molecule has 0 aromatic rings. The Bertz CT molecular complexity index is 513. The Hall–Kier alpha value is -0.620. The molecule has 0 radical (unpaired) electrons. The number of piperidine rings is 1. The fraction of sp³-hybridized carbons (Fsp3) is 0.941. The lowest BCUT2D eigenvalue weighted by Crippen LogP contribution is -2.52. The SMILES string of the molecule is CC1CCC(OC2CCN(C(=O)C(C)(C)S(C)(=O)=O)CC2)CC1. The van der Waals surface area contributed by atoms with Crippen LogP contribution < -0.4 is 0 Å². The van der Waals surface area contributed by atoms with E-state index in [-0.39, 0.29) is 12.0 Å². The van der Waals surface area contributed by atoms with Crippen LogP contribution in [-0.2, 0) is 19.4 Å². The second-order valence-corrected chi connectivity index (χ2v) is 10.4. The van der Waals surface area contributed by atoms with Crippen LogP contribution in [0.2, 0.25) is 0 Å². The molecule has 1 aliphatic heterocycles. The summed E-state index contributed by atoms with van der Waals surface area (Å²) in [6.45, 7) is 6.47. The molecule has 5 nitrogen and oxygen atoms in total. The second-order valence-electron chi connectivity index (χ2n) is 7.79. The molecule has 0 spiro atoms. The first-order valence-corrected chi connectivity index (χ1v) is 10.6. The van der Waals surface area contributed by atoms with Gasteiger partial charge in [-0.1, -0.05) is 6.92 Å². The number of hydrogen-bond acceptors (Lipinski definition) is 4. The van der Waals surface area contributed by atoms with Crippen LogP contribution in [0.4, 0.5) is 0 Å². The molecule has 0 bridgehead atoms. The van der Waals surface area contributed by atoms with Crippen molar-refractivity contribution in [2.24, 2.45) is 5.92 Å². The van der Waals surface area contributed by atoms with E-state index >= 15 is 0 Å². The van der Waals surface area contributed by atoms with Gasteiger partial charge in [0.1, 0.15) is 4.75 Å². The summed E-state index contributed by atoms with van der Waals surface area (Å²) < 4.78 is 28.5. The lowest BCUT2D eigenvalue weighted by atomic mass is 9.88. The molecule has 6 heteroatoms. The van der Waals surface area contributed by atoms with E-state index in [1.807, 2.05) is 0 Å². The average Bonchev–Trinajstić information content (AvgIpc) is 2.48. The Balaban J connectivity index is 1.83. The number of rotatable bonds is 4. The number of carbonyl (C=O) groups is 1. The van der Waals surface area contributed by atoms with Crippen molar-refractivity contribution >= 4 is 15.7 Å². The van der Waals surface area contributed by atoms with Crippen molar-refractivity contribution in [2.45, 2.75) is 76.3 Å². The summed E-state index contributed by atoms with van der Waals surface area (Å²) in [6, 6.07) is 0. The number of hydrogen-bond donors (Lipinski definition) is 0. The van der Waals surface area contributed by atoms with Crippen molar-refractivity contribution < 1.29 is 17.9 Å². The van der Waals surface area contributed by atoms with Crippen LogP contribution in [0.25, 0.3) is 0 Å². The van der Waals surface area contributed by atoms with Crippen molar-refractivity contribution in [1.82, 2.24) is 4.90 Å². The van der Waals surface area contributed by atoms with Crippen molar-refractivity contribution in [3.63, 3.8) is 0 Å². The molecular weight excluding hydrogens is 314 g/mol. The summed E-state index contributed by atoms with van der Waals surface area (Å²) in [6.07, 6.45) is 8.07. The highest BCUT2D eigenvalue weighted by Crippen LogP contribution is 2.29. The van der Waals surface area contributed by atoms with Gasteiger partial charge in [0.2, 0.25) is 5.91 Å². The molecule has 1 saturated heterocycles. The van der Waals surface area contributed by atoms with Crippen LogP contribution in [0.5, 0.6) is 0 Å². The molecular formula is C17H31NO4S. The third-order valence-corrected chi connectivity index (χ3v) is 7.55. The minimum absolute atomic E-state index is 0.207. The van der Waals surface area contributed by atoms with Gasteiger partial charge in [0.05, 0.1) is 12.2 Å². The van der Waals surface area contributed by atoms with Gasteiger partial charge < -0.3 is 9.64 Å². The quantitative estimate of drug-likeness (QED) is 0.785. The van der Waals surface area contributed by atoms with Crippen LogP contribution in [0, 0.1) is 5.92 Å². The van der Waals surface area contributed by atoms with E-state index in [1.54, 1.807) is 4.90 Å². The zero-order valence-corrected chi connectivity index (χ0v) is 15.7. The Morgan fingerprint density at radius 1 is 1.00 bits per heavy atom. The van der Waals surface area contributed by atoms with Gasteiger partial charge in [0.15, 0.2) is 9.84 Å². The van der Waals surface area contributed by atoms with Crippen molar-refractivity contribution in [2.75, 3.05) is 19.3 Å². The molecule has 0 aromatic heterocycles. The van der Waals surface area contributed by atoms with E-state index < -0.39 is 14.6 Å². The van der Waals surface area contributed by atoms with Gasteiger partial charge >= 0.3 is 0 Å². The lowest BCUT2D eigenvalue weighted by molar-refractivity contribution is -0.137. The first-order chi connectivity index (χ1) is 10.6. The second kappa shape index (κ2) is 7.09. The standard InChI is InChI=1S/C17H31NO4S/c1-13-5-7-14(8-6-13)22-15-9-11-18(12-10-15)16(19)17(2,3)23(4,20)21/h13-15H,5-12H2,1-4H3. The Morgan fingerprint density at radius 3 is 1.96 bits per heavy atom. The molecule has 1 saturated carbocycles. The predicted molar refractivity (Wildman–Crippen MR) is 91.0 cm³/mol. The molecule has 1 amide bonds. The lowest BCUT2D eigenvalue weighted by Gasteiger charge is -2.38. The van der Waals surface area contributed by atoms with Crippen LogP contribution >= 0.6 is 0 Å². The van der Waals surface area contributed by atoms with Crippen LogP contribution in [-0.4, -0.2) is 55.5 Å². The zero-order chi connectivity index (χ0) is 17.3. The maximum absolute atomic E-state index is 12.5. The minimum atomic E-state index is -3.41. The van der Waals surface area contributed by atoms with Crippen LogP contribution in [0.3, 0.4) is 0 Å². The average molecular weight is 346 g/mol. The predicted octanol–water partition coefficient (Wildman–Crippen LogP) is 2.40. The Morgan fingerprint density at radius 2 is 1.48 bits per heavy atom. The summed E-state index contributed by atoms with van der Waals surface area (Å²) in [7, 11) is -3.41. The van der Waals surface area contributed by atoms with Gasteiger partial charge in [0.25, 0.3) is 0 Å². The molecule has 1 heterocycles. The molecule has 1 aliphatic carbocycles. The molecule has 0 atom stereocenters. The number of ether oxygens (including phenoxy) is 1. The summed E-state index contributed by atoms with van der Waals surface area (Å²) in [5, 5.41) is 0. The van der Waals surface area contributed by atoms with Crippen molar-refractivity contribution in [1.29, 1.82) is 0 Å². The van der Waals surface area contributed by atoms with Crippen molar-refractivity contribution in [3.05, 3.63) is 0 Å². The van der Waals surface area contributed by atoms with E-state index in [9.17, 15) is 13.2 Å². The molecule has 23 heavy (non-hydrogen) atoms. The number of likely N-dealkylation sites (tertiary alicyclic amines) is 1. The first kappa shape index (κ1) is 18.7. The third kappa shape index (κ3) is 4.47. The van der Waals surface area contributed by atoms with Gasteiger partial charge in [-0.2, -0.15) is 0 Å². The summed E-state index contributed by atoms with van der Waals surface area (Å²) in [4.78, 5) is 14.2. The molecule has 2 rings (SSSR count). The summed E-state index contributed by atoms with van der Waals surface area (Å²) in [5.74, 6) is 0.525. The van der Waals surface area contributed by atoms with Gasteiger partial charge in [0, 0.05) is 19.3 Å². The Labute approximate surface area is 140 Å². The van der Waals surface area contributed by atoms with Gasteiger partial charge in [-0.15, -0.1) is 0 Å². The number of carbonyl (C=O) groups excluding carboxylic acids is 1. The zero-order valence-electron chi connectivity index (χ0n) is 14.9. The van der Waals surface area contributed by atoms with E-state index in [0.717, 1.165) is 37.9 Å². The Kier molecular flexibility index (Phi) is 5.77. The van der Waals surface area contributed by atoms with Gasteiger partial charge in [-0.05, 0) is 58.3 Å². The van der Waals surface area contributed by atoms with E-state index in [4.69, 9.17) is 4.74 Å². The van der Waals surface area contributed by atoms with Gasteiger partial charge in [-0.25, -0.2) is 8.42 Å². The number of amides is 1. The van der Waals surface area contributed by atoms with Gasteiger partial charge in [-0.3, -0.25) is 4.79 Å². The molecule has 2 fully saturated rings. The monoisotopic (exact) mass is 345 g/mol. The largest absolute Gasteiger partial charge is 0.375 e. The molecule has 0 unspecified atom stereocenters.